The van der Waals surface area contributed by atoms with Crippen LogP contribution in [0.1, 0.15) is 6.42 Å². The number of carbonyl (C=O) groups is 2. The number of hydrogen-bond donors (Lipinski definition) is 1. The lowest BCUT2D eigenvalue weighted by atomic mass is 10.2. The number of nitrogens with one attached hydrogen (secondary N) is 1. The molecule has 7 nitrogen and oxygen atoms in total. The van der Waals surface area contributed by atoms with Crippen molar-refractivity contribution in [3.63, 3.8) is 0 Å². The first-order valence-electron chi connectivity index (χ1n) is 8.46. The predicted molar refractivity (Wildman–Crippen MR) is 101 cm³/mol. The zero-order chi connectivity index (χ0) is 19.4. The number of carbonyl (C=O) groups excluding carboxylic acids is 2. The molecule has 1 aliphatic rings. The molecule has 1 aliphatic heterocycles. The largest absolute Gasteiger partial charge is 0.455 e. The summed E-state index contributed by atoms with van der Waals surface area (Å²) in [6, 6.07) is 15.4. The summed E-state index contributed by atoms with van der Waals surface area (Å²) < 4.78 is 28.9. The summed E-state index contributed by atoms with van der Waals surface area (Å²) >= 11 is 0. The Labute approximate surface area is 157 Å². The van der Waals surface area contributed by atoms with E-state index in [-0.39, 0.29) is 11.5 Å². The van der Waals surface area contributed by atoms with Gasteiger partial charge in [0, 0.05) is 13.1 Å². The standard InChI is InChI=1S/C19H20N2O5S/c1-21(14-11-12-27(24,25)13-14)19(23)18(22)20-16-9-5-6-10-17(16)26-15-7-3-2-4-8-15/h2-10,14H,11-13H2,1H3,(H,20,22). The highest BCUT2D eigenvalue weighted by Gasteiger charge is 2.34. The number of para-hydroxylation sites is 3. The maximum atomic E-state index is 12.4. The van der Waals surface area contributed by atoms with Crippen molar-refractivity contribution in [1.82, 2.24) is 4.90 Å². The summed E-state index contributed by atoms with van der Waals surface area (Å²) in [5.74, 6) is -0.715. The van der Waals surface area contributed by atoms with Crippen LogP contribution in [0.2, 0.25) is 0 Å². The molecular formula is C19H20N2O5S. The number of sulfone groups is 1. The Bertz CT molecular complexity index is 944. The van der Waals surface area contributed by atoms with E-state index in [0.717, 1.165) is 0 Å². The van der Waals surface area contributed by atoms with Gasteiger partial charge in [-0.15, -0.1) is 0 Å². The molecule has 2 aromatic rings. The van der Waals surface area contributed by atoms with E-state index >= 15 is 0 Å². The number of rotatable bonds is 4. The third-order valence-corrected chi connectivity index (χ3v) is 6.13. The first kappa shape index (κ1) is 18.9. The molecule has 1 N–H and O–H groups in total. The number of hydrogen-bond acceptors (Lipinski definition) is 5. The zero-order valence-electron chi connectivity index (χ0n) is 14.8. The Balaban J connectivity index is 1.70. The van der Waals surface area contributed by atoms with E-state index < -0.39 is 27.7 Å². The fourth-order valence-corrected chi connectivity index (χ4v) is 4.63. The van der Waals surface area contributed by atoms with Crippen LogP contribution in [0.4, 0.5) is 5.69 Å². The highest BCUT2D eigenvalue weighted by atomic mass is 32.2. The van der Waals surface area contributed by atoms with Crippen molar-refractivity contribution in [1.29, 1.82) is 0 Å². The second-order valence-electron chi connectivity index (χ2n) is 6.34. The van der Waals surface area contributed by atoms with Gasteiger partial charge in [-0.2, -0.15) is 0 Å². The molecule has 1 fully saturated rings. The van der Waals surface area contributed by atoms with Gasteiger partial charge in [0.15, 0.2) is 15.6 Å². The minimum Gasteiger partial charge on any atom is -0.455 e. The van der Waals surface area contributed by atoms with Gasteiger partial charge in [0.25, 0.3) is 0 Å². The molecule has 142 valence electrons. The first-order valence-corrected chi connectivity index (χ1v) is 10.3. The quantitative estimate of drug-likeness (QED) is 0.810. The summed E-state index contributed by atoms with van der Waals surface area (Å²) in [4.78, 5) is 26.0. The first-order chi connectivity index (χ1) is 12.9. The number of benzene rings is 2. The van der Waals surface area contributed by atoms with Crippen LogP contribution in [0.3, 0.4) is 0 Å². The average molecular weight is 388 g/mol. The van der Waals surface area contributed by atoms with Crippen LogP contribution in [-0.2, 0) is 19.4 Å². The maximum absolute atomic E-state index is 12.4. The highest BCUT2D eigenvalue weighted by molar-refractivity contribution is 7.91. The normalized spacial score (nSPS) is 17.9. The summed E-state index contributed by atoms with van der Waals surface area (Å²) in [5, 5.41) is 2.55. The van der Waals surface area contributed by atoms with Gasteiger partial charge in [-0.3, -0.25) is 9.59 Å². The molecule has 0 saturated carbocycles. The molecule has 1 atom stereocenters. The van der Waals surface area contributed by atoms with Crippen LogP contribution in [0.25, 0.3) is 0 Å². The van der Waals surface area contributed by atoms with Gasteiger partial charge in [-0.25, -0.2) is 8.42 Å². The molecule has 1 unspecified atom stereocenters. The van der Waals surface area contributed by atoms with Crippen LogP contribution < -0.4 is 10.1 Å². The molecule has 0 bridgehead atoms. The van der Waals surface area contributed by atoms with Crippen molar-refractivity contribution < 1.29 is 22.7 Å². The summed E-state index contributed by atoms with van der Waals surface area (Å²) in [6.45, 7) is 0. The average Bonchev–Trinajstić information content (AvgIpc) is 3.02. The van der Waals surface area contributed by atoms with Gasteiger partial charge in [0.05, 0.1) is 17.2 Å². The van der Waals surface area contributed by atoms with Gasteiger partial charge in [0.2, 0.25) is 0 Å². The van der Waals surface area contributed by atoms with Crippen LogP contribution >= 0.6 is 0 Å². The third-order valence-electron chi connectivity index (χ3n) is 4.38. The van der Waals surface area contributed by atoms with E-state index in [1.807, 2.05) is 18.2 Å². The molecular weight excluding hydrogens is 368 g/mol. The second-order valence-corrected chi connectivity index (χ2v) is 8.57. The Kier molecular flexibility index (Phi) is 5.46. The molecule has 27 heavy (non-hydrogen) atoms. The molecule has 1 saturated heterocycles. The van der Waals surface area contributed by atoms with Gasteiger partial charge >= 0.3 is 11.8 Å². The molecule has 8 heteroatoms. The second kappa shape index (κ2) is 7.79. The van der Waals surface area contributed by atoms with Crippen LogP contribution in [-0.4, -0.2) is 49.7 Å². The Hall–Kier alpha value is -2.87. The van der Waals surface area contributed by atoms with Gasteiger partial charge in [-0.1, -0.05) is 30.3 Å². The molecule has 2 aromatic carbocycles. The molecule has 0 spiro atoms. The number of likely N-dealkylation sites (N-methyl/N-ethyl adjacent to an activating group) is 1. The van der Waals surface area contributed by atoms with Crippen molar-refractivity contribution in [3.8, 4) is 11.5 Å². The van der Waals surface area contributed by atoms with Gasteiger partial charge in [-0.05, 0) is 30.7 Å². The van der Waals surface area contributed by atoms with Gasteiger partial charge in [0.1, 0.15) is 5.75 Å². The lowest BCUT2D eigenvalue weighted by Gasteiger charge is -2.22. The predicted octanol–water partition coefficient (Wildman–Crippen LogP) is 2.06. The van der Waals surface area contributed by atoms with Crippen molar-refractivity contribution in [2.24, 2.45) is 0 Å². The Morgan fingerprint density at radius 3 is 2.41 bits per heavy atom. The van der Waals surface area contributed by atoms with E-state index in [0.29, 0.717) is 23.6 Å². The fourth-order valence-electron chi connectivity index (χ4n) is 2.86. The van der Waals surface area contributed by atoms with E-state index in [2.05, 4.69) is 5.32 Å². The molecule has 2 amide bonds. The molecule has 3 rings (SSSR count). The Morgan fingerprint density at radius 1 is 1.07 bits per heavy atom. The molecule has 0 radical (unpaired) electrons. The maximum Gasteiger partial charge on any atom is 0.314 e. The van der Waals surface area contributed by atoms with Crippen LogP contribution in [0.15, 0.2) is 54.6 Å². The number of ether oxygens (including phenoxy) is 1. The third kappa shape index (κ3) is 4.65. The minimum absolute atomic E-state index is 0.0324. The number of amides is 2. The van der Waals surface area contributed by atoms with Crippen molar-refractivity contribution in [3.05, 3.63) is 54.6 Å². The minimum atomic E-state index is -3.15. The van der Waals surface area contributed by atoms with Crippen LogP contribution in [0, 0.1) is 0 Å². The van der Waals surface area contributed by atoms with E-state index in [1.54, 1.807) is 36.4 Å². The summed E-state index contributed by atoms with van der Waals surface area (Å²) in [7, 11) is -1.70. The number of nitrogens with zero attached hydrogens (tertiary/aromatic N) is 1. The van der Waals surface area contributed by atoms with Crippen molar-refractivity contribution in [2.75, 3.05) is 23.9 Å². The summed E-state index contributed by atoms with van der Waals surface area (Å²) in [5.41, 5.74) is 0.354. The van der Waals surface area contributed by atoms with Gasteiger partial charge < -0.3 is 15.0 Å². The topological polar surface area (TPSA) is 92.8 Å². The summed E-state index contributed by atoms with van der Waals surface area (Å²) in [6.07, 6.45) is 0.339. The highest BCUT2D eigenvalue weighted by Crippen LogP contribution is 2.29. The molecule has 0 aromatic heterocycles. The lowest BCUT2D eigenvalue weighted by Crippen LogP contribution is -2.43. The zero-order valence-corrected chi connectivity index (χ0v) is 15.6. The van der Waals surface area contributed by atoms with E-state index in [4.69, 9.17) is 4.74 Å². The number of anilines is 1. The smallest absolute Gasteiger partial charge is 0.314 e. The van der Waals surface area contributed by atoms with Crippen molar-refractivity contribution in [2.45, 2.75) is 12.5 Å². The molecule has 1 heterocycles. The lowest BCUT2D eigenvalue weighted by molar-refractivity contribution is -0.143. The van der Waals surface area contributed by atoms with E-state index in [9.17, 15) is 18.0 Å². The fraction of sp³-hybridized carbons (Fsp3) is 0.263. The van der Waals surface area contributed by atoms with Crippen molar-refractivity contribution >= 4 is 27.3 Å². The monoisotopic (exact) mass is 388 g/mol. The molecule has 0 aliphatic carbocycles. The van der Waals surface area contributed by atoms with E-state index in [1.165, 1.54) is 11.9 Å². The SMILES string of the molecule is CN(C(=O)C(=O)Nc1ccccc1Oc1ccccc1)C1CCS(=O)(=O)C1. The van der Waals surface area contributed by atoms with Crippen LogP contribution in [0.5, 0.6) is 11.5 Å². The Morgan fingerprint density at radius 2 is 1.74 bits per heavy atom.